The molecule has 1 unspecified atom stereocenters. The van der Waals surface area contributed by atoms with Gasteiger partial charge in [0.2, 0.25) is 0 Å². The van der Waals surface area contributed by atoms with Crippen molar-refractivity contribution in [1.82, 2.24) is 0 Å². The Balaban J connectivity index is 3.52. The molecular formula is C64H112O5. The van der Waals surface area contributed by atoms with Crippen molar-refractivity contribution in [2.45, 2.75) is 296 Å². The molecule has 5 nitrogen and oxygen atoms in total. The van der Waals surface area contributed by atoms with Gasteiger partial charge in [-0.15, -0.1) is 0 Å². The molecule has 0 radical (unpaired) electrons. The zero-order valence-corrected chi connectivity index (χ0v) is 45.6. The van der Waals surface area contributed by atoms with Gasteiger partial charge in [0.15, 0.2) is 6.10 Å². The molecule has 0 saturated heterocycles. The van der Waals surface area contributed by atoms with Crippen molar-refractivity contribution in [2.24, 2.45) is 0 Å². The molecule has 0 aliphatic heterocycles. The Morgan fingerprint density at radius 2 is 0.623 bits per heavy atom. The predicted octanol–water partition coefficient (Wildman–Crippen LogP) is 20.1. The minimum Gasteiger partial charge on any atom is -0.462 e. The molecule has 0 aliphatic rings. The van der Waals surface area contributed by atoms with Crippen LogP contribution >= 0.6 is 0 Å². The maximum atomic E-state index is 12.3. The van der Waals surface area contributed by atoms with Gasteiger partial charge in [-0.1, -0.05) is 292 Å². The first-order chi connectivity index (χ1) is 34.1. The van der Waals surface area contributed by atoms with Crippen LogP contribution in [-0.4, -0.2) is 36.4 Å². The first-order valence-electron chi connectivity index (χ1n) is 29.6. The van der Waals surface area contributed by atoms with Gasteiger partial charge in [-0.25, -0.2) is 0 Å². The molecule has 0 amide bonds. The Kier molecular flexibility index (Phi) is 56.9. The van der Waals surface area contributed by atoms with E-state index < -0.39 is 6.10 Å². The summed E-state index contributed by atoms with van der Waals surface area (Å²) in [6.07, 6.45) is 82.8. The third-order valence-electron chi connectivity index (χ3n) is 13.0. The summed E-state index contributed by atoms with van der Waals surface area (Å²) in [5.74, 6) is -0.606. The van der Waals surface area contributed by atoms with Gasteiger partial charge in [-0.2, -0.15) is 0 Å². The molecule has 0 rings (SSSR count). The number of hydrogen-bond acceptors (Lipinski definition) is 5. The lowest BCUT2D eigenvalue weighted by atomic mass is 10.0. The lowest BCUT2D eigenvalue weighted by molar-refractivity contribution is -0.161. The third-order valence-corrected chi connectivity index (χ3v) is 13.0. The number of aliphatic hydroxyl groups excluding tert-OH is 1. The van der Waals surface area contributed by atoms with Crippen LogP contribution in [0.2, 0.25) is 0 Å². The lowest BCUT2D eigenvalue weighted by Crippen LogP contribution is -2.28. The van der Waals surface area contributed by atoms with Gasteiger partial charge >= 0.3 is 11.9 Å². The van der Waals surface area contributed by atoms with Gasteiger partial charge in [-0.05, 0) is 70.6 Å². The van der Waals surface area contributed by atoms with Gasteiger partial charge in [0, 0.05) is 12.8 Å². The van der Waals surface area contributed by atoms with Crippen molar-refractivity contribution in [2.75, 3.05) is 13.2 Å². The number of hydrogen-bond donors (Lipinski definition) is 1. The largest absolute Gasteiger partial charge is 0.462 e. The molecule has 1 atom stereocenters. The molecule has 69 heavy (non-hydrogen) atoms. The topological polar surface area (TPSA) is 72.8 Å². The molecule has 0 aromatic rings. The minimum atomic E-state index is -0.787. The highest BCUT2D eigenvalue weighted by Gasteiger charge is 2.16. The van der Waals surface area contributed by atoms with E-state index in [0.717, 1.165) is 103 Å². The molecule has 0 aromatic heterocycles. The van der Waals surface area contributed by atoms with Crippen molar-refractivity contribution < 1.29 is 24.2 Å². The van der Waals surface area contributed by atoms with E-state index in [1.165, 1.54) is 161 Å². The van der Waals surface area contributed by atoms with E-state index >= 15 is 0 Å². The SMILES string of the molecule is CC/C=C\C/C=C\C/C=C\C/C=C\C/C=C\C/C=C\C/C=C\CCCCCCCC(=O)OC(CO)COC(=O)CCCCCCCCCCCCCCCCCCCCCCCCCCCCCC. The molecule has 0 spiro atoms. The number of unbranched alkanes of at least 4 members (excludes halogenated alkanes) is 32. The fourth-order valence-electron chi connectivity index (χ4n) is 8.54. The van der Waals surface area contributed by atoms with Gasteiger partial charge in [0.25, 0.3) is 0 Å². The van der Waals surface area contributed by atoms with Gasteiger partial charge in [0.1, 0.15) is 6.61 Å². The number of aliphatic hydroxyl groups is 1. The van der Waals surface area contributed by atoms with Crippen molar-refractivity contribution in [1.29, 1.82) is 0 Å². The van der Waals surface area contributed by atoms with Crippen LogP contribution < -0.4 is 0 Å². The van der Waals surface area contributed by atoms with Crippen molar-refractivity contribution >= 4 is 11.9 Å². The van der Waals surface area contributed by atoms with Crippen LogP contribution in [0.25, 0.3) is 0 Å². The number of ether oxygens (including phenoxy) is 2. The fraction of sp³-hybridized carbons (Fsp3) is 0.750. The zero-order chi connectivity index (χ0) is 49.9. The zero-order valence-electron chi connectivity index (χ0n) is 45.6. The van der Waals surface area contributed by atoms with E-state index in [0.29, 0.717) is 12.8 Å². The molecule has 1 N–H and O–H groups in total. The number of carbonyl (C=O) groups is 2. The first-order valence-corrected chi connectivity index (χ1v) is 29.6. The second-order valence-electron chi connectivity index (χ2n) is 19.7. The van der Waals surface area contributed by atoms with Crippen LogP contribution in [0.1, 0.15) is 290 Å². The highest BCUT2D eigenvalue weighted by atomic mass is 16.6. The first kappa shape index (κ1) is 66.1. The monoisotopic (exact) mass is 961 g/mol. The van der Waals surface area contributed by atoms with Crippen molar-refractivity contribution in [3.63, 3.8) is 0 Å². The number of rotatable bonds is 54. The second-order valence-corrected chi connectivity index (χ2v) is 19.7. The molecule has 398 valence electrons. The van der Waals surface area contributed by atoms with Gasteiger partial charge < -0.3 is 14.6 Å². The van der Waals surface area contributed by atoms with Crippen molar-refractivity contribution in [3.8, 4) is 0 Å². The van der Waals surface area contributed by atoms with E-state index in [2.05, 4.69) is 98.9 Å². The summed E-state index contributed by atoms with van der Waals surface area (Å²) in [6.45, 7) is 4.04. The quantitative estimate of drug-likeness (QED) is 0.0374. The van der Waals surface area contributed by atoms with E-state index in [1.54, 1.807) is 0 Å². The maximum absolute atomic E-state index is 12.3. The fourth-order valence-corrected chi connectivity index (χ4v) is 8.54. The maximum Gasteiger partial charge on any atom is 0.306 e. The molecule has 0 heterocycles. The van der Waals surface area contributed by atoms with Gasteiger partial charge in [0.05, 0.1) is 6.61 Å². The molecule has 0 bridgehead atoms. The standard InChI is InChI=1S/C64H112O5/c1-3-5-7-9-11-13-15-17-19-21-23-25-27-29-31-33-34-36-38-40-42-44-46-48-50-52-54-56-58-63(66)68-61-62(60-65)69-64(67)59-57-55-53-51-49-47-45-43-41-39-37-35-32-30-28-26-24-22-20-18-16-14-12-10-8-6-4-2/h6,8,12,14,18,20,24,26,30,32,37,39,43,45,62,65H,3-5,7,9-11,13,15-17,19,21-23,25,27-29,31,33-36,38,40-42,44,46-61H2,1-2H3/b8-6-,14-12-,20-18-,26-24-,32-30-,39-37-,45-43-. The summed E-state index contributed by atoms with van der Waals surface area (Å²) in [6, 6.07) is 0. The Labute approximate surface area is 428 Å². The highest BCUT2D eigenvalue weighted by molar-refractivity contribution is 5.70. The van der Waals surface area contributed by atoms with Crippen LogP contribution in [0, 0.1) is 0 Å². The molecule has 0 aromatic carbocycles. The molecule has 5 heteroatoms. The van der Waals surface area contributed by atoms with Crippen molar-refractivity contribution in [3.05, 3.63) is 85.1 Å². The Morgan fingerprint density at radius 1 is 0.348 bits per heavy atom. The van der Waals surface area contributed by atoms with E-state index in [9.17, 15) is 14.7 Å². The average molecular weight is 962 g/mol. The van der Waals surface area contributed by atoms with Crippen LogP contribution in [0.3, 0.4) is 0 Å². The number of esters is 2. The van der Waals surface area contributed by atoms with Crippen LogP contribution in [0.4, 0.5) is 0 Å². The highest BCUT2D eigenvalue weighted by Crippen LogP contribution is 2.17. The van der Waals surface area contributed by atoms with Crippen LogP contribution in [0.5, 0.6) is 0 Å². The summed E-state index contributed by atoms with van der Waals surface area (Å²) in [4.78, 5) is 24.5. The third kappa shape index (κ3) is 57.5. The normalized spacial score (nSPS) is 12.8. The molecular weight excluding hydrogens is 849 g/mol. The number of allylic oxidation sites excluding steroid dienone is 14. The number of carbonyl (C=O) groups excluding carboxylic acids is 2. The smallest absolute Gasteiger partial charge is 0.306 e. The second kappa shape index (κ2) is 59.4. The Morgan fingerprint density at radius 3 is 0.942 bits per heavy atom. The Hall–Kier alpha value is -2.92. The predicted molar refractivity (Wildman–Crippen MR) is 302 cm³/mol. The molecule has 0 fully saturated rings. The molecule has 0 saturated carbocycles. The minimum absolute atomic E-state index is 0.0752. The summed E-state index contributed by atoms with van der Waals surface area (Å²) in [5.41, 5.74) is 0. The van der Waals surface area contributed by atoms with E-state index in [-0.39, 0.29) is 25.2 Å². The summed E-state index contributed by atoms with van der Waals surface area (Å²) >= 11 is 0. The summed E-state index contributed by atoms with van der Waals surface area (Å²) < 4.78 is 10.7. The lowest BCUT2D eigenvalue weighted by Gasteiger charge is -2.15. The van der Waals surface area contributed by atoms with E-state index in [4.69, 9.17) is 9.47 Å². The summed E-state index contributed by atoms with van der Waals surface area (Å²) in [5, 5.41) is 9.66. The molecule has 0 aliphatic carbocycles. The van der Waals surface area contributed by atoms with E-state index in [1.807, 2.05) is 0 Å². The van der Waals surface area contributed by atoms with Crippen LogP contribution in [0.15, 0.2) is 85.1 Å². The average Bonchev–Trinajstić information content (AvgIpc) is 3.35. The Bertz CT molecular complexity index is 1270. The summed E-state index contributed by atoms with van der Waals surface area (Å²) in [7, 11) is 0. The van der Waals surface area contributed by atoms with Crippen LogP contribution in [-0.2, 0) is 19.1 Å². The van der Waals surface area contributed by atoms with Gasteiger partial charge in [-0.3, -0.25) is 9.59 Å².